The predicted molar refractivity (Wildman–Crippen MR) is 78.5 cm³/mol. The van der Waals surface area contributed by atoms with Gasteiger partial charge in [0.15, 0.2) is 0 Å². The molecule has 1 fully saturated rings. The maximum Gasteiger partial charge on any atom is 0.326 e. The van der Waals surface area contributed by atoms with Crippen molar-refractivity contribution in [2.45, 2.75) is 25.5 Å². The number of carboxylic acids is 1. The number of carbonyl (C=O) groups excluding carboxylic acids is 1. The van der Waals surface area contributed by atoms with Gasteiger partial charge in [0.2, 0.25) is 0 Å². The molecule has 0 saturated carbocycles. The van der Waals surface area contributed by atoms with Gasteiger partial charge in [-0.2, -0.15) is 0 Å². The van der Waals surface area contributed by atoms with Gasteiger partial charge in [-0.25, -0.2) is 9.59 Å². The first-order chi connectivity index (χ1) is 9.95. The van der Waals surface area contributed by atoms with E-state index in [-0.39, 0.29) is 12.1 Å². The molecule has 1 aliphatic rings. The summed E-state index contributed by atoms with van der Waals surface area (Å²) in [6.07, 6.45) is 0.0828. The Kier molecular flexibility index (Phi) is 4.47. The summed E-state index contributed by atoms with van der Waals surface area (Å²) in [4.78, 5) is 26.8. The van der Waals surface area contributed by atoms with Gasteiger partial charge in [0, 0.05) is 32.8 Å². The van der Waals surface area contributed by atoms with Crippen LogP contribution in [0.4, 0.5) is 10.5 Å². The fourth-order valence-electron chi connectivity index (χ4n) is 2.65. The summed E-state index contributed by atoms with van der Waals surface area (Å²) >= 11 is 0. The van der Waals surface area contributed by atoms with Crippen molar-refractivity contribution in [1.82, 2.24) is 4.90 Å². The number of aryl methyl sites for hydroxylation is 1. The molecule has 0 spiro atoms. The highest BCUT2D eigenvalue weighted by Gasteiger charge is 2.41. The van der Waals surface area contributed by atoms with Gasteiger partial charge in [-0.05, 0) is 18.6 Å². The van der Waals surface area contributed by atoms with Crippen LogP contribution in [-0.4, -0.2) is 54.9 Å². The number of aliphatic carboxylic acids is 1. The van der Waals surface area contributed by atoms with Crippen LogP contribution >= 0.6 is 0 Å². The number of likely N-dealkylation sites (tertiary alicyclic amines) is 1. The molecular formula is C15H20N2O4. The molecular weight excluding hydrogens is 272 g/mol. The number of amides is 2. The maximum atomic E-state index is 12.6. The first-order valence-corrected chi connectivity index (χ1v) is 6.81. The SMILES string of the molecule is COC1CC(C(=O)O)N(C(=O)N(C)c2ccccc2C)C1. The van der Waals surface area contributed by atoms with Crippen LogP contribution in [0.3, 0.4) is 0 Å². The molecule has 0 aliphatic carbocycles. The average molecular weight is 292 g/mol. The minimum Gasteiger partial charge on any atom is -0.480 e. The second-order valence-corrected chi connectivity index (χ2v) is 5.23. The Labute approximate surface area is 123 Å². The lowest BCUT2D eigenvalue weighted by molar-refractivity contribution is -0.141. The molecule has 1 aromatic rings. The number of urea groups is 1. The van der Waals surface area contributed by atoms with Gasteiger partial charge >= 0.3 is 12.0 Å². The summed E-state index contributed by atoms with van der Waals surface area (Å²) in [5.41, 5.74) is 1.73. The molecule has 1 N–H and O–H groups in total. The van der Waals surface area contributed by atoms with Crippen molar-refractivity contribution >= 4 is 17.7 Å². The summed E-state index contributed by atoms with van der Waals surface area (Å²) in [7, 11) is 3.19. The molecule has 114 valence electrons. The lowest BCUT2D eigenvalue weighted by Gasteiger charge is -2.28. The van der Waals surface area contributed by atoms with Crippen molar-refractivity contribution in [3.8, 4) is 0 Å². The van der Waals surface area contributed by atoms with Crippen LogP contribution in [0, 0.1) is 6.92 Å². The van der Waals surface area contributed by atoms with Gasteiger partial charge in [-0.15, -0.1) is 0 Å². The first kappa shape index (κ1) is 15.3. The van der Waals surface area contributed by atoms with Gasteiger partial charge in [0.25, 0.3) is 0 Å². The number of para-hydroxylation sites is 1. The number of benzene rings is 1. The summed E-state index contributed by atoms with van der Waals surface area (Å²) < 4.78 is 5.21. The molecule has 21 heavy (non-hydrogen) atoms. The number of carboxylic acid groups (broad SMARTS) is 1. The number of anilines is 1. The maximum absolute atomic E-state index is 12.6. The molecule has 1 aromatic carbocycles. The Hall–Kier alpha value is -2.08. The van der Waals surface area contributed by atoms with Crippen molar-refractivity contribution in [3.63, 3.8) is 0 Å². The smallest absolute Gasteiger partial charge is 0.326 e. The molecule has 1 aliphatic heterocycles. The van der Waals surface area contributed by atoms with E-state index in [0.29, 0.717) is 13.0 Å². The molecule has 2 rings (SSSR count). The molecule has 1 heterocycles. The normalized spacial score (nSPS) is 21.4. The van der Waals surface area contributed by atoms with Crippen molar-refractivity contribution in [1.29, 1.82) is 0 Å². The van der Waals surface area contributed by atoms with E-state index in [4.69, 9.17) is 4.74 Å². The predicted octanol–water partition coefficient (Wildman–Crippen LogP) is 1.73. The molecule has 2 unspecified atom stereocenters. The zero-order valence-corrected chi connectivity index (χ0v) is 12.4. The van der Waals surface area contributed by atoms with E-state index in [1.807, 2.05) is 31.2 Å². The van der Waals surface area contributed by atoms with Crippen LogP contribution in [0.5, 0.6) is 0 Å². The molecule has 0 radical (unpaired) electrons. The standard InChI is InChI=1S/C15H20N2O4/c1-10-6-4-5-7-12(10)16(2)15(20)17-9-11(21-3)8-13(17)14(18)19/h4-7,11,13H,8-9H2,1-3H3,(H,18,19). The molecule has 6 heteroatoms. The Morgan fingerprint density at radius 2 is 2.05 bits per heavy atom. The largest absolute Gasteiger partial charge is 0.480 e. The van der Waals surface area contributed by atoms with E-state index >= 15 is 0 Å². The number of rotatable bonds is 3. The van der Waals surface area contributed by atoms with Crippen LogP contribution in [0.25, 0.3) is 0 Å². The van der Waals surface area contributed by atoms with E-state index in [2.05, 4.69) is 0 Å². The Morgan fingerprint density at radius 3 is 2.62 bits per heavy atom. The van der Waals surface area contributed by atoms with E-state index < -0.39 is 12.0 Å². The van der Waals surface area contributed by atoms with Crippen molar-refractivity contribution in [3.05, 3.63) is 29.8 Å². The van der Waals surface area contributed by atoms with Crippen LogP contribution in [0.2, 0.25) is 0 Å². The lowest BCUT2D eigenvalue weighted by Crippen LogP contribution is -2.47. The van der Waals surface area contributed by atoms with E-state index in [1.165, 1.54) is 16.9 Å². The second-order valence-electron chi connectivity index (χ2n) is 5.23. The van der Waals surface area contributed by atoms with E-state index in [0.717, 1.165) is 11.3 Å². The third kappa shape index (κ3) is 3.00. The van der Waals surface area contributed by atoms with Crippen molar-refractivity contribution < 1.29 is 19.4 Å². The number of hydrogen-bond acceptors (Lipinski definition) is 3. The zero-order valence-electron chi connectivity index (χ0n) is 12.4. The van der Waals surface area contributed by atoms with Crippen molar-refractivity contribution in [2.24, 2.45) is 0 Å². The summed E-state index contributed by atoms with van der Waals surface area (Å²) in [6.45, 7) is 2.21. The van der Waals surface area contributed by atoms with Gasteiger partial charge in [0.1, 0.15) is 6.04 Å². The molecule has 6 nitrogen and oxygen atoms in total. The Balaban J connectivity index is 2.22. The number of carbonyl (C=O) groups is 2. The van der Waals surface area contributed by atoms with E-state index in [9.17, 15) is 14.7 Å². The third-order valence-electron chi connectivity index (χ3n) is 3.89. The monoisotopic (exact) mass is 292 g/mol. The van der Waals surface area contributed by atoms with Gasteiger partial charge in [-0.3, -0.25) is 4.90 Å². The number of nitrogens with zero attached hydrogens (tertiary/aromatic N) is 2. The summed E-state index contributed by atoms with van der Waals surface area (Å²) in [5, 5.41) is 9.28. The lowest BCUT2D eigenvalue weighted by atomic mass is 10.2. The van der Waals surface area contributed by atoms with Gasteiger partial charge in [0.05, 0.1) is 6.10 Å². The van der Waals surface area contributed by atoms with Gasteiger partial charge < -0.3 is 14.7 Å². The minimum absolute atomic E-state index is 0.236. The Morgan fingerprint density at radius 1 is 1.38 bits per heavy atom. The number of methoxy groups -OCH3 is 1. The quantitative estimate of drug-likeness (QED) is 0.921. The average Bonchev–Trinajstić information content (AvgIpc) is 2.90. The fourth-order valence-corrected chi connectivity index (χ4v) is 2.65. The molecule has 1 saturated heterocycles. The molecule has 0 aromatic heterocycles. The highest BCUT2D eigenvalue weighted by atomic mass is 16.5. The van der Waals surface area contributed by atoms with Crippen LogP contribution < -0.4 is 4.90 Å². The fraction of sp³-hybridized carbons (Fsp3) is 0.467. The van der Waals surface area contributed by atoms with Crippen LogP contribution in [0.1, 0.15) is 12.0 Å². The van der Waals surface area contributed by atoms with Crippen LogP contribution in [0.15, 0.2) is 24.3 Å². The third-order valence-corrected chi connectivity index (χ3v) is 3.89. The summed E-state index contributed by atoms with van der Waals surface area (Å²) in [6, 6.07) is 6.34. The zero-order chi connectivity index (χ0) is 15.6. The summed E-state index contributed by atoms with van der Waals surface area (Å²) in [5.74, 6) is -0.999. The molecule has 0 bridgehead atoms. The topological polar surface area (TPSA) is 70.1 Å². The first-order valence-electron chi connectivity index (χ1n) is 6.81. The Bertz CT molecular complexity index is 546. The van der Waals surface area contributed by atoms with Gasteiger partial charge in [-0.1, -0.05) is 18.2 Å². The number of hydrogen-bond donors (Lipinski definition) is 1. The van der Waals surface area contributed by atoms with Crippen molar-refractivity contribution in [2.75, 3.05) is 25.6 Å². The minimum atomic E-state index is -0.999. The van der Waals surface area contributed by atoms with E-state index in [1.54, 1.807) is 7.05 Å². The number of ether oxygens (including phenoxy) is 1. The molecule has 2 amide bonds. The van der Waals surface area contributed by atoms with Crippen LogP contribution in [-0.2, 0) is 9.53 Å². The highest BCUT2D eigenvalue weighted by Crippen LogP contribution is 2.25. The second kappa shape index (κ2) is 6.13. The highest BCUT2D eigenvalue weighted by molar-refractivity contribution is 5.95. The molecule has 2 atom stereocenters.